The van der Waals surface area contributed by atoms with Gasteiger partial charge >= 0.3 is 0 Å². The van der Waals surface area contributed by atoms with Crippen molar-refractivity contribution >= 4 is 17.3 Å². The Morgan fingerprint density at radius 1 is 1.53 bits per heavy atom. The van der Waals surface area contributed by atoms with E-state index in [9.17, 15) is 4.79 Å². The summed E-state index contributed by atoms with van der Waals surface area (Å²) in [5, 5.41) is 16.1. The van der Waals surface area contributed by atoms with E-state index < -0.39 is 0 Å². The number of aromatic nitrogens is 2. The second-order valence-electron chi connectivity index (χ2n) is 4.38. The minimum atomic E-state index is -0.302. The van der Waals surface area contributed by atoms with E-state index >= 15 is 0 Å². The van der Waals surface area contributed by atoms with Crippen LogP contribution in [0, 0.1) is 5.92 Å². The number of nitrogens with zero attached hydrogens (tertiary/aromatic N) is 2. The fraction of sp³-hybridized carbons (Fsp3) is 0.636. The molecule has 0 spiro atoms. The van der Waals surface area contributed by atoms with Crippen molar-refractivity contribution in [2.75, 3.05) is 18.5 Å². The maximum Gasteiger partial charge on any atom is 0.287 e. The minimum Gasteiger partial charge on any atom is -0.396 e. The van der Waals surface area contributed by atoms with E-state index in [1.807, 2.05) is 20.8 Å². The van der Waals surface area contributed by atoms with Crippen molar-refractivity contribution in [1.29, 1.82) is 0 Å². The van der Waals surface area contributed by atoms with Gasteiger partial charge in [0, 0.05) is 13.2 Å². The van der Waals surface area contributed by atoms with Gasteiger partial charge in [-0.05, 0) is 19.8 Å². The van der Waals surface area contributed by atoms with Crippen molar-refractivity contribution in [3.05, 3.63) is 21.6 Å². The highest BCUT2D eigenvalue weighted by Crippen LogP contribution is 2.16. The lowest BCUT2D eigenvalue weighted by Crippen LogP contribution is -2.26. The summed E-state index contributed by atoms with van der Waals surface area (Å²) in [7, 11) is 0. The standard InChI is InChI=1S/C11H18ClN3O2/c1-7(2)15-11(17)10(12)9(5-14-15)13-4-8(3)6-16/h5,7-8,13,16H,4,6H2,1-3H3. The van der Waals surface area contributed by atoms with E-state index in [4.69, 9.17) is 16.7 Å². The second-order valence-corrected chi connectivity index (χ2v) is 4.76. The highest BCUT2D eigenvalue weighted by molar-refractivity contribution is 6.32. The second kappa shape index (κ2) is 6.02. The van der Waals surface area contributed by atoms with Crippen LogP contribution >= 0.6 is 11.6 Å². The lowest BCUT2D eigenvalue weighted by atomic mass is 10.2. The first-order chi connectivity index (χ1) is 7.97. The number of hydrogen-bond donors (Lipinski definition) is 2. The van der Waals surface area contributed by atoms with Crippen molar-refractivity contribution in [2.45, 2.75) is 26.8 Å². The fourth-order valence-electron chi connectivity index (χ4n) is 1.28. The highest BCUT2D eigenvalue weighted by atomic mass is 35.5. The quantitative estimate of drug-likeness (QED) is 0.841. The Morgan fingerprint density at radius 3 is 2.71 bits per heavy atom. The third-order valence-electron chi connectivity index (χ3n) is 2.39. The van der Waals surface area contributed by atoms with Crippen LogP contribution in [0.4, 0.5) is 5.69 Å². The van der Waals surface area contributed by atoms with Gasteiger partial charge in [0.1, 0.15) is 5.02 Å². The van der Waals surface area contributed by atoms with Crippen LogP contribution in [0.3, 0.4) is 0 Å². The Balaban J connectivity index is 2.90. The van der Waals surface area contributed by atoms with Crippen LogP contribution in [0.1, 0.15) is 26.8 Å². The summed E-state index contributed by atoms with van der Waals surface area (Å²) in [5.41, 5.74) is 0.206. The van der Waals surface area contributed by atoms with Gasteiger partial charge in [0.25, 0.3) is 5.56 Å². The van der Waals surface area contributed by atoms with Crippen LogP contribution in [0.5, 0.6) is 0 Å². The Hall–Kier alpha value is -1.07. The number of aliphatic hydroxyl groups is 1. The van der Waals surface area contributed by atoms with Gasteiger partial charge in [0.15, 0.2) is 0 Å². The molecule has 1 heterocycles. The van der Waals surface area contributed by atoms with Crippen LogP contribution in [0.15, 0.2) is 11.0 Å². The third-order valence-corrected chi connectivity index (χ3v) is 2.75. The molecule has 5 nitrogen and oxygen atoms in total. The maximum atomic E-state index is 11.8. The van der Waals surface area contributed by atoms with Crippen LogP contribution in [0.2, 0.25) is 5.02 Å². The zero-order chi connectivity index (χ0) is 13.0. The van der Waals surface area contributed by atoms with E-state index in [1.165, 1.54) is 10.9 Å². The first kappa shape index (κ1) is 14.0. The van der Waals surface area contributed by atoms with Crippen LogP contribution in [-0.2, 0) is 0 Å². The summed E-state index contributed by atoms with van der Waals surface area (Å²) >= 11 is 5.97. The number of aliphatic hydroxyl groups excluding tert-OH is 1. The summed E-state index contributed by atoms with van der Waals surface area (Å²) in [5.74, 6) is 0.0959. The molecule has 17 heavy (non-hydrogen) atoms. The molecule has 0 aliphatic heterocycles. The molecule has 0 fully saturated rings. The average Bonchev–Trinajstić information content (AvgIpc) is 2.30. The summed E-state index contributed by atoms with van der Waals surface area (Å²) in [6.07, 6.45) is 1.54. The summed E-state index contributed by atoms with van der Waals surface area (Å²) in [6.45, 7) is 6.26. The van der Waals surface area contributed by atoms with E-state index in [0.29, 0.717) is 12.2 Å². The van der Waals surface area contributed by atoms with E-state index in [2.05, 4.69) is 10.4 Å². The predicted molar refractivity (Wildman–Crippen MR) is 68.6 cm³/mol. The number of nitrogens with one attached hydrogen (secondary N) is 1. The van der Waals surface area contributed by atoms with Gasteiger partial charge in [0.2, 0.25) is 0 Å². The van der Waals surface area contributed by atoms with Gasteiger partial charge in [0.05, 0.1) is 17.9 Å². The van der Waals surface area contributed by atoms with Gasteiger partial charge in [-0.2, -0.15) is 5.10 Å². The molecular weight excluding hydrogens is 242 g/mol. The van der Waals surface area contributed by atoms with Gasteiger partial charge in [-0.3, -0.25) is 4.79 Å². The molecule has 0 aromatic carbocycles. The molecule has 1 aromatic heterocycles. The van der Waals surface area contributed by atoms with Crippen LogP contribution < -0.4 is 10.9 Å². The Labute approximate surface area is 105 Å². The highest BCUT2D eigenvalue weighted by Gasteiger charge is 2.11. The number of rotatable bonds is 5. The van der Waals surface area contributed by atoms with Gasteiger partial charge in [-0.1, -0.05) is 18.5 Å². The maximum absolute atomic E-state index is 11.8. The summed E-state index contributed by atoms with van der Waals surface area (Å²) < 4.78 is 1.34. The van der Waals surface area contributed by atoms with Crippen molar-refractivity contribution in [3.8, 4) is 0 Å². The molecular formula is C11H18ClN3O2. The third kappa shape index (κ3) is 3.44. The van der Waals surface area contributed by atoms with Crippen molar-refractivity contribution in [3.63, 3.8) is 0 Å². The molecule has 1 rings (SSSR count). The molecule has 6 heteroatoms. The van der Waals surface area contributed by atoms with Crippen molar-refractivity contribution in [2.24, 2.45) is 5.92 Å². The lowest BCUT2D eigenvalue weighted by molar-refractivity contribution is 0.244. The molecule has 96 valence electrons. The molecule has 0 saturated heterocycles. The van der Waals surface area contributed by atoms with Crippen LogP contribution in [-0.4, -0.2) is 28.0 Å². The van der Waals surface area contributed by atoms with Gasteiger partial charge < -0.3 is 10.4 Å². The molecule has 0 aliphatic carbocycles. The Morgan fingerprint density at radius 2 is 2.18 bits per heavy atom. The fourth-order valence-corrected chi connectivity index (χ4v) is 1.49. The number of hydrogen-bond acceptors (Lipinski definition) is 4. The molecule has 0 amide bonds. The Bertz CT molecular complexity index is 431. The minimum absolute atomic E-state index is 0.0228. The average molecular weight is 260 g/mol. The molecule has 0 aliphatic rings. The first-order valence-corrected chi connectivity index (χ1v) is 5.97. The lowest BCUT2D eigenvalue weighted by Gasteiger charge is -2.14. The summed E-state index contributed by atoms with van der Waals surface area (Å²) in [4.78, 5) is 11.8. The van der Waals surface area contributed by atoms with E-state index in [0.717, 1.165) is 0 Å². The monoisotopic (exact) mass is 259 g/mol. The molecule has 0 radical (unpaired) electrons. The Kier molecular flexibility index (Phi) is 4.96. The molecule has 0 bridgehead atoms. The molecule has 1 aromatic rings. The SMILES string of the molecule is CC(CO)CNc1cnn(C(C)C)c(=O)c1Cl. The number of halogens is 1. The molecule has 1 unspecified atom stereocenters. The topological polar surface area (TPSA) is 67.2 Å². The van der Waals surface area contributed by atoms with Crippen molar-refractivity contribution < 1.29 is 5.11 Å². The zero-order valence-corrected chi connectivity index (χ0v) is 11.0. The predicted octanol–water partition coefficient (Wildman–Crippen LogP) is 1.52. The summed E-state index contributed by atoms with van der Waals surface area (Å²) in [6, 6.07) is -0.0228. The smallest absolute Gasteiger partial charge is 0.287 e. The largest absolute Gasteiger partial charge is 0.396 e. The molecule has 1 atom stereocenters. The van der Waals surface area contributed by atoms with Crippen molar-refractivity contribution in [1.82, 2.24) is 9.78 Å². The number of anilines is 1. The van der Waals surface area contributed by atoms with Gasteiger partial charge in [-0.15, -0.1) is 0 Å². The van der Waals surface area contributed by atoms with Crippen LogP contribution in [0.25, 0.3) is 0 Å². The first-order valence-electron chi connectivity index (χ1n) is 5.59. The van der Waals surface area contributed by atoms with E-state index in [-0.39, 0.29) is 29.1 Å². The van der Waals surface area contributed by atoms with Gasteiger partial charge in [-0.25, -0.2) is 4.68 Å². The molecule has 0 saturated carbocycles. The molecule has 2 N–H and O–H groups in total. The normalized spacial score (nSPS) is 12.8. The van der Waals surface area contributed by atoms with E-state index in [1.54, 1.807) is 0 Å². The zero-order valence-electron chi connectivity index (χ0n) is 10.3.